The molecule has 0 unspecified atom stereocenters. The number of nitrogens with two attached hydrogens (primary N) is 1. The van der Waals surface area contributed by atoms with E-state index in [-0.39, 0.29) is 11.3 Å². The van der Waals surface area contributed by atoms with Crippen molar-refractivity contribution in [3.05, 3.63) is 0 Å². The van der Waals surface area contributed by atoms with Crippen molar-refractivity contribution in [3.63, 3.8) is 0 Å². The topological polar surface area (TPSA) is 87.0 Å². The normalized spacial score (nSPS) is 20.2. The number of amides is 1. The molecule has 0 aliphatic carbocycles. The first kappa shape index (κ1) is 17.4. The number of rotatable bonds is 3. The zero-order valence-corrected chi connectivity index (χ0v) is 13.8. The first-order valence-electron chi connectivity index (χ1n) is 6.70. The van der Waals surface area contributed by atoms with Crippen molar-refractivity contribution in [1.82, 2.24) is 13.5 Å². The van der Waals surface area contributed by atoms with Gasteiger partial charge in [0.1, 0.15) is 0 Å². The summed E-state index contributed by atoms with van der Waals surface area (Å²) >= 11 is 0. The Hall–Kier alpha value is -0.700. The Balaban J connectivity index is 2.66. The van der Waals surface area contributed by atoms with Gasteiger partial charge in [0.2, 0.25) is 5.91 Å². The Morgan fingerprint density at radius 1 is 1.15 bits per heavy atom. The van der Waals surface area contributed by atoms with Crippen LogP contribution in [0.2, 0.25) is 0 Å². The number of carbonyl (C=O) groups excluding carboxylic acids is 1. The second-order valence-corrected chi connectivity index (χ2v) is 8.50. The molecule has 2 N–H and O–H groups in total. The molecule has 1 saturated heterocycles. The van der Waals surface area contributed by atoms with Gasteiger partial charge in [0.25, 0.3) is 10.2 Å². The van der Waals surface area contributed by atoms with Crippen molar-refractivity contribution in [3.8, 4) is 0 Å². The zero-order chi connectivity index (χ0) is 15.7. The van der Waals surface area contributed by atoms with Gasteiger partial charge in [-0.2, -0.15) is 17.0 Å². The summed E-state index contributed by atoms with van der Waals surface area (Å²) in [4.78, 5) is 13.9. The van der Waals surface area contributed by atoms with Crippen LogP contribution in [0.3, 0.4) is 0 Å². The molecular formula is C12H26N4O3S. The molecule has 1 aliphatic rings. The van der Waals surface area contributed by atoms with Gasteiger partial charge in [-0.05, 0) is 5.41 Å². The van der Waals surface area contributed by atoms with Gasteiger partial charge in [-0.25, -0.2) is 0 Å². The van der Waals surface area contributed by atoms with Crippen molar-refractivity contribution in [1.29, 1.82) is 0 Å². The molecule has 0 aromatic carbocycles. The smallest absolute Gasteiger partial charge is 0.281 e. The molecule has 0 aromatic heterocycles. The van der Waals surface area contributed by atoms with Crippen molar-refractivity contribution < 1.29 is 13.2 Å². The summed E-state index contributed by atoms with van der Waals surface area (Å²) in [5, 5.41) is 0. The summed E-state index contributed by atoms with van der Waals surface area (Å²) in [7, 11) is -0.396. The van der Waals surface area contributed by atoms with Crippen LogP contribution in [0.1, 0.15) is 20.8 Å². The van der Waals surface area contributed by atoms with Crippen LogP contribution >= 0.6 is 0 Å². The monoisotopic (exact) mass is 306 g/mol. The van der Waals surface area contributed by atoms with Crippen molar-refractivity contribution in [2.75, 3.05) is 40.3 Å². The van der Waals surface area contributed by atoms with Gasteiger partial charge in [0, 0.05) is 40.3 Å². The highest BCUT2D eigenvalue weighted by Gasteiger charge is 2.35. The highest BCUT2D eigenvalue weighted by Crippen LogP contribution is 2.20. The predicted octanol–water partition coefficient (Wildman–Crippen LogP) is -0.690. The quantitative estimate of drug-likeness (QED) is 0.748. The standard InChI is InChI=1S/C12H26N4O3S/c1-12(2,3)10(13)11(17)15-6-8-16(9-7-15)20(18,19)14(4)5/h10H,6-9,13H2,1-5H3/t10-/m0/s1. The predicted molar refractivity (Wildman–Crippen MR) is 78.2 cm³/mol. The van der Waals surface area contributed by atoms with E-state index < -0.39 is 16.3 Å². The largest absolute Gasteiger partial charge is 0.339 e. The van der Waals surface area contributed by atoms with E-state index in [1.54, 1.807) is 4.90 Å². The van der Waals surface area contributed by atoms with Crippen molar-refractivity contribution in [2.45, 2.75) is 26.8 Å². The molecule has 0 saturated carbocycles. The van der Waals surface area contributed by atoms with Gasteiger partial charge in [0.05, 0.1) is 6.04 Å². The van der Waals surface area contributed by atoms with E-state index in [4.69, 9.17) is 5.73 Å². The maximum Gasteiger partial charge on any atom is 0.281 e. The van der Waals surface area contributed by atoms with Crippen LogP contribution in [0.5, 0.6) is 0 Å². The molecule has 7 nitrogen and oxygen atoms in total. The molecule has 1 fully saturated rings. The molecule has 1 heterocycles. The molecule has 1 atom stereocenters. The van der Waals surface area contributed by atoms with E-state index in [1.807, 2.05) is 20.8 Å². The average molecular weight is 306 g/mol. The number of hydrogen-bond acceptors (Lipinski definition) is 4. The molecule has 0 radical (unpaired) electrons. The summed E-state index contributed by atoms with van der Waals surface area (Å²) in [5.74, 6) is -0.112. The van der Waals surface area contributed by atoms with Crippen LogP contribution in [-0.2, 0) is 15.0 Å². The lowest BCUT2D eigenvalue weighted by molar-refractivity contribution is -0.136. The highest BCUT2D eigenvalue weighted by molar-refractivity contribution is 7.86. The minimum Gasteiger partial charge on any atom is -0.339 e. The fraction of sp³-hybridized carbons (Fsp3) is 0.917. The molecule has 8 heteroatoms. The molecular weight excluding hydrogens is 280 g/mol. The van der Waals surface area contributed by atoms with Gasteiger partial charge >= 0.3 is 0 Å². The van der Waals surface area contributed by atoms with Gasteiger partial charge in [0.15, 0.2) is 0 Å². The maximum absolute atomic E-state index is 12.3. The Labute approximate surface area is 121 Å². The van der Waals surface area contributed by atoms with E-state index in [2.05, 4.69) is 0 Å². The molecule has 0 spiro atoms. The third kappa shape index (κ3) is 3.69. The van der Waals surface area contributed by atoms with Crippen LogP contribution in [0, 0.1) is 5.41 Å². The Morgan fingerprint density at radius 3 is 1.95 bits per heavy atom. The first-order valence-corrected chi connectivity index (χ1v) is 8.09. The van der Waals surface area contributed by atoms with Crippen LogP contribution < -0.4 is 5.73 Å². The second kappa shape index (κ2) is 5.97. The summed E-state index contributed by atoms with van der Waals surface area (Å²) in [5.41, 5.74) is 5.66. The summed E-state index contributed by atoms with van der Waals surface area (Å²) in [6.07, 6.45) is 0. The number of piperazine rings is 1. The van der Waals surface area contributed by atoms with Gasteiger partial charge in [-0.1, -0.05) is 20.8 Å². The molecule has 20 heavy (non-hydrogen) atoms. The second-order valence-electron chi connectivity index (χ2n) is 6.36. The Bertz CT molecular complexity index is 448. The first-order chi connectivity index (χ1) is 8.98. The number of hydrogen-bond donors (Lipinski definition) is 1. The molecule has 0 bridgehead atoms. The van der Waals surface area contributed by atoms with E-state index >= 15 is 0 Å². The van der Waals surface area contributed by atoms with E-state index in [9.17, 15) is 13.2 Å². The molecule has 1 rings (SSSR count). The Kier molecular flexibility index (Phi) is 5.18. The van der Waals surface area contributed by atoms with Crippen LogP contribution in [0.25, 0.3) is 0 Å². The van der Waals surface area contributed by atoms with Crippen LogP contribution in [0.4, 0.5) is 0 Å². The minimum absolute atomic E-state index is 0.112. The zero-order valence-electron chi connectivity index (χ0n) is 13.0. The van der Waals surface area contributed by atoms with E-state index in [0.717, 1.165) is 0 Å². The highest BCUT2D eigenvalue weighted by atomic mass is 32.2. The lowest BCUT2D eigenvalue weighted by Crippen LogP contribution is -2.57. The third-order valence-electron chi connectivity index (χ3n) is 3.54. The molecule has 1 amide bonds. The summed E-state index contributed by atoms with van der Waals surface area (Å²) in [6.45, 7) is 7.14. The molecule has 1 aliphatic heterocycles. The van der Waals surface area contributed by atoms with Crippen LogP contribution in [0.15, 0.2) is 0 Å². The Morgan fingerprint density at radius 2 is 1.60 bits per heavy atom. The number of nitrogens with zero attached hydrogens (tertiary/aromatic N) is 3. The molecule has 0 aromatic rings. The number of carbonyl (C=O) groups is 1. The molecule has 118 valence electrons. The fourth-order valence-electron chi connectivity index (χ4n) is 1.94. The summed E-state index contributed by atoms with van der Waals surface area (Å²) < 4.78 is 26.5. The van der Waals surface area contributed by atoms with Crippen LogP contribution in [-0.4, -0.2) is 74.2 Å². The average Bonchev–Trinajstić information content (AvgIpc) is 2.35. The van der Waals surface area contributed by atoms with Gasteiger partial charge in [-0.3, -0.25) is 4.79 Å². The van der Waals surface area contributed by atoms with Crippen molar-refractivity contribution in [2.24, 2.45) is 11.1 Å². The van der Waals surface area contributed by atoms with E-state index in [1.165, 1.54) is 22.7 Å². The minimum atomic E-state index is -3.40. The SMILES string of the molecule is CN(C)S(=O)(=O)N1CCN(C(=O)[C@H](N)C(C)(C)C)CC1. The summed E-state index contributed by atoms with van der Waals surface area (Å²) in [6, 6.07) is -0.570. The lowest BCUT2D eigenvalue weighted by Gasteiger charge is -2.38. The van der Waals surface area contributed by atoms with Gasteiger partial charge < -0.3 is 10.6 Å². The van der Waals surface area contributed by atoms with E-state index in [0.29, 0.717) is 26.2 Å². The fourth-order valence-corrected chi connectivity index (χ4v) is 3.02. The van der Waals surface area contributed by atoms with Crippen molar-refractivity contribution >= 4 is 16.1 Å². The third-order valence-corrected chi connectivity index (χ3v) is 5.48. The maximum atomic E-state index is 12.3. The lowest BCUT2D eigenvalue weighted by atomic mass is 9.86. The van der Waals surface area contributed by atoms with Gasteiger partial charge in [-0.15, -0.1) is 0 Å².